The second-order valence-corrected chi connectivity index (χ2v) is 7.63. The summed E-state index contributed by atoms with van der Waals surface area (Å²) in [5.74, 6) is -2.57. The van der Waals surface area contributed by atoms with E-state index in [4.69, 9.17) is 0 Å². The number of hydrogen-bond acceptors (Lipinski definition) is 5. The molecular formula is C24H21F5N2O3. The third kappa shape index (κ3) is 7.31. The van der Waals surface area contributed by atoms with Crippen LogP contribution < -0.4 is 4.74 Å². The summed E-state index contributed by atoms with van der Waals surface area (Å²) in [7, 11) is 0. The molecule has 3 rings (SSSR count). The number of aromatic nitrogens is 2. The van der Waals surface area contributed by atoms with E-state index < -0.39 is 30.3 Å². The number of benzene rings is 1. The first-order valence-electron chi connectivity index (χ1n) is 10.3. The van der Waals surface area contributed by atoms with Crippen molar-refractivity contribution in [2.75, 3.05) is 13.2 Å². The molecule has 180 valence electrons. The van der Waals surface area contributed by atoms with Crippen LogP contribution in [0.5, 0.6) is 5.75 Å². The number of aliphatic hydroxyl groups excluding tert-OH is 1. The number of rotatable bonds is 10. The molecular weight excluding hydrogens is 459 g/mol. The van der Waals surface area contributed by atoms with E-state index in [-0.39, 0.29) is 37.4 Å². The highest BCUT2D eigenvalue weighted by Crippen LogP contribution is 2.26. The van der Waals surface area contributed by atoms with Gasteiger partial charge in [-0.15, -0.1) is 0 Å². The molecule has 0 aliphatic rings. The number of ether oxygens (including phenoxy) is 1. The third-order valence-electron chi connectivity index (χ3n) is 4.97. The fourth-order valence-electron chi connectivity index (χ4n) is 3.32. The van der Waals surface area contributed by atoms with Crippen LogP contribution in [0.3, 0.4) is 0 Å². The molecule has 0 spiro atoms. The van der Waals surface area contributed by atoms with Crippen molar-refractivity contribution in [2.45, 2.75) is 31.4 Å². The zero-order valence-electron chi connectivity index (χ0n) is 17.9. The van der Waals surface area contributed by atoms with Gasteiger partial charge in [0.05, 0.1) is 11.9 Å². The van der Waals surface area contributed by atoms with Gasteiger partial charge in [0.2, 0.25) is 0 Å². The zero-order valence-corrected chi connectivity index (χ0v) is 17.9. The van der Waals surface area contributed by atoms with Gasteiger partial charge in [-0.1, -0.05) is 6.07 Å². The number of halogens is 5. The Bertz CT molecular complexity index is 1100. The normalized spacial score (nSPS) is 12.4. The Hall–Kier alpha value is -3.40. The Kier molecular flexibility index (Phi) is 8.27. The first-order chi connectivity index (χ1) is 16.1. The number of aliphatic hydroxyl groups is 1. The summed E-state index contributed by atoms with van der Waals surface area (Å²) in [6.45, 7) is -1.63. The van der Waals surface area contributed by atoms with Crippen molar-refractivity contribution in [3.63, 3.8) is 0 Å². The standard InChI is InChI=1S/C24H21F5N2O3/c25-20-4-2-16(11-21(20)26)22-5-1-15(12-30-22)9-18(33)10-17(7-8-32)23-6-3-19(13-31-23)34-14-24(27,28)29/h1-6,11-13,17,32H,7-10,14H2/t17-/m0/s1. The van der Waals surface area contributed by atoms with Gasteiger partial charge in [0, 0.05) is 42.8 Å². The maximum atomic E-state index is 13.4. The molecule has 0 amide bonds. The van der Waals surface area contributed by atoms with Crippen molar-refractivity contribution in [3.05, 3.63) is 77.8 Å². The van der Waals surface area contributed by atoms with Crippen molar-refractivity contribution in [2.24, 2.45) is 0 Å². The molecule has 0 saturated heterocycles. The lowest BCUT2D eigenvalue weighted by Gasteiger charge is -2.15. The molecule has 2 aromatic heterocycles. The summed E-state index contributed by atoms with van der Waals surface area (Å²) >= 11 is 0. The number of Topliss-reactive ketones (excluding diaryl/α,β-unsaturated/α-hetero) is 1. The summed E-state index contributed by atoms with van der Waals surface area (Å²) in [6.07, 6.45) is -1.49. The maximum absolute atomic E-state index is 13.4. The topological polar surface area (TPSA) is 72.3 Å². The van der Waals surface area contributed by atoms with E-state index in [1.54, 1.807) is 12.1 Å². The molecule has 0 fully saturated rings. The predicted molar refractivity (Wildman–Crippen MR) is 113 cm³/mol. The fraction of sp³-hybridized carbons (Fsp3) is 0.292. The van der Waals surface area contributed by atoms with Gasteiger partial charge in [0.1, 0.15) is 11.5 Å². The second-order valence-electron chi connectivity index (χ2n) is 7.63. The fourth-order valence-corrected chi connectivity index (χ4v) is 3.32. The number of alkyl halides is 3. The SMILES string of the molecule is O=C(Cc1ccc(-c2ccc(F)c(F)c2)nc1)C[C@H](CCO)c1ccc(OCC(F)(F)F)cn1. The second kappa shape index (κ2) is 11.1. The maximum Gasteiger partial charge on any atom is 0.422 e. The van der Waals surface area contributed by atoms with E-state index in [0.29, 0.717) is 22.5 Å². The molecule has 34 heavy (non-hydrogen) atoms. The summed E-state index contributed by atoms with van der Waals surface area (Å²) in [4.78, 5) is 20.9. The minimum atomic E-state index is -4.47. The summed E-state index contributed by atoms with van der Waals surface area (Å²) in [5, 5.41) is 9.36. The van der Waals surface area contributed by atoms with E-state index >= 15 is 0 Å². The van der Waals surface area contributed by atoms with Gasteiger partial charge in [-0.3, -0.25) is 14.8 Å². The van der Waals surface area contributed by atoms with Crippen LogP contribution in [-0.4, -0.2) is 40.2 Å². The van der Waals surface area contributed by atoms with Crippen molar-refractivity contribution < 1.29 is 36.6 Å². The van der Waals surface area contributed by atoms with E-state index in [0.717, 1.165) is 18.3 Å². The van der Waals surface area contributed by atoms with E-state index in [2.05, 4.69) is 14.7 Å². The van der Waals surface area contributed by atoms with Crippen LogP contribution in [0.1, 0.15) is 30.0 Å². The molecule has 1 N–H and O–H groups in total. The minimum absolute atomic E-state index is 0.0534. The number of carbonyl (C=O) groups is 1. The number of pyridine rings is 2. The molecule has 0 aliphatic carbocycles. The van der Waals surface area contributed by atoms with Crippen molar-refractivity contribution in [1.82, 2.24) is 9.97 Å². The van der Waals surface area contributed by atoms with E-state index in [9.17, 15) is 31.9 Å². The molecule has 3 aromatic rings. The highest BCUT2D eigenvalue weighted by molar-refractivity contribution is 5.81. The van der Waals surface area contributed by atoms with E-state index in [1.165, 1.54) is 24.4 Å². The summed E-state index contributed by atoms with van der Waals surface area (Å²) in [5.41, 5.74) is 1.88. The molecule has 0 saturated carbocycles. The number of ketones is 1. The quantitative estimate of drug-likeness (QED) is 0.412. The first-order valence-corrected chi connectivity index (χ1v) is 10.3. The monoisotopic (exact) mass is 480 g/mol. The van der Waals surface area contributed by atoms with Gasteiger partial charge in [0.25, 0.3) is 0 Å². The van der Waals surface area contributed by atoms with Crippen LogP contribution in [0.15, 0.2) is 54.9 Å². The Morgan fingerprint density at radius 2 is 1.79 bits per heavy atom. The van der Waals surface area contributed by atoms with Crippen LogP contribution in [0.4, 0.5) is 22.0 Å². The Labute approximate surface area is 192 Å². The Balaban J connectivity index is 1.61. The lowest BCUT2D eigenvalue weighted by Crippen LogP contribution is -2.19. The van der Waals surface area contributed by atoms with Crippen LogP contribution in [0, 0.1) is 11.6 Å². The molecule has 1 aromatic carbocycles. The Morgan fingerprint density at radius 3 is 2.38 bits per heavy atom. The molecule has 5 nitrogen and oxygen atoms in total. The third-order valence-corrected chi connectivity index (χ3v) is 4.97. The highest BCUT2D eigenvalue weighted by Gasteiger charge is 2.28. The lowest BCUT2D eigenvalue weighted by molar-refractivity contribution is -0.153. The largest absolute Gasteiger partial charge is 0.483 e. The average Bonchev–Trinajstić information content (AvgIpc) is 2.80. The number of nitrogens with zero attached hydrogens (tertiary/aromatic N) is 2. The molecule has 0 bridgehead atoms. The van der Waals surface area contributed by atoms with Crippen LogP contribution in [-0.2, 0) is 11.2 Å². The molecule has 1 atom stereocenters. The van der Waals surface area contributed by atoms with Crippen molar-refractivity contribution in [1.29, 1.82) is 0 Å². The number of carbonyl (C=O) groups excluding carboxylic acids is 1. The summed E-state index contributed by atoms with van der Waals surface area (Å²) in [6, 6.07) is 9.51. The first kappa shape index (κ1) is 25.2. The molecule has 0 unspecified atom stereocenters. The molecule has 2 heterocycles. The molecule has 0 aliphatic heterocycles. The van der Waals surface area contributed by atoms with Gasteiger partial charge in [-0.05, 0) is 48.4 Å². The molecule has 0 radical (unpaired) electrons. The van der Waals surface area contributed by atoms with Crippen LogP contribution >= 0.6 is 0 Å². The predicted octanol–water partition coefficient (Wildman–Crippen LogP) is 5.03. The van der Waals surface area contributed by atoms with Crippen LogP contribution in [0.2, 0.25) is 0 Å². The van der Waals surface area contributed by atoms with Gasteiger partial charge in [0.15, 0.2) is 18.2 Å². The smallest absolute Gasteiger partial charge is 0.422 e. The van der Waals surface area contributed by atoms with Gasteiger partial charge >= 0.3 is 6.18 Å². The van der Waals surface area contributed by atoms with Gasteiger partial charge in [-0.2, -0.15) is 13.2 Å². The lowest BCUT2D eigenvalue weighted by atomic mass is 9.93. The average molecular weight is 480 g/mol. The summed E-state index contributed by atoms with van der Waals surface area (Å²) < 4.78 is 68.0. The van der Waals surface area contributed by atoms with Gasteiger partial charge < -0.3 is 9.84 Å². The van der Waals surface area contributed by atoms with Crippen molar-refractivity contribution in [3.8, 4) is 17.0 Å². The Morgan fingerprint density at radius 1 is 1.00 bits per heavy atom. The molecule has 10 heteroatoms. The van der Waals surface area contributed by atoms with Crippen LogP contribution in [0.25, 0.3) is 11.3 Å². The van der Waals surface area contributed by atoms with Crippen molar-refractivity contribution >= 4 is 5.78 Å². The minimum Gasteiger partial charge on any atom is -0.483 e. The van der Waals surface area contributed by atoms with E-state index in [1.807, 2.05) is 0 Å². The van der Waals surface area contributed by atoms with Gasteiger partial charge in [-0.25, -0.2) is 8.78 Å². The zero-order chi connectivity index (χ0) is 24.7. The number of hydrogen-bond donors (Lipinski definition) is 1. The highest BCUT2D eigenvalue weighted by atomic mass is 19.4.